The number of thiophene rings is 1. The van der Waals surface area contributed by atoms with E-state index in [1.54, 1.807) is 19.1 Å². The van der Waals surface area contributed by atoms with Crippen LogP contribution >= 0.6 is 11.3 Å². The summed E-state index contributed by atoms with van der Waals surface area (Å²) in [5.74, 6) is -9.65. The van der Waals surface area contributed by atoms with E-state index in [2.05, 4.69) is 5.32 Å². The second-order valence-corrected chi connectivity index (χ2v) is 5.47. The average molecular weight is 307 g/mol. The van der Waals surface area contributed by atoms with Crippen LogP contribution in [0.25, 0.3) is 0 Å². The van der Waals surface area contributed by atoms with Crippen LogP contribution in [-0.4, -0.2) is 7.05 Å². The maximum Gasteiger partial charge on any atom is 0.200 e. The van der Waals surface area contributed by atoms with Gasteiger partial charge in [0.25, 0.3) is 0 Å². The van der Waals surface area contributed by atoms with Crippen molar-refractivity contribution in [1.82, 2.24) is 5.32 Å². The molecule has 2 aromatic rings. The summed E-state index contributed by atoms with van der Waals surface area (Å²) in [5.41, 5.74) is -0.870. The molecule has 2 rings (SSSR count). The van der Waals surface area contributed by atoms with Crippen LogP contribution in [0.15, 0.2) is 12.1 Å². The predicted octanol–water partition coefficient (Wildman–Crippen LogP) is 4.06. The molecule has 0 fully saturated rings. The number of nitrogens with one attached hydrogen (secondary N) is 1. The van der Waals surface area contributed by atoms with Gasteiger partial charge in [0.1, 0.15) is 0 Å². The molecular weight excluding hydrogens is 297 g/mol. The van der Waals surface area contributed by atoms with Crippen LogP contribution in [0.5, 0.6) is 0 Å². The highest BCUT2D eigenvalue weighted by molar-refractivity contribution is 7.12. The van der Waals surface area contributed by atoms with Crippen molar-refractivity contribution in [2.75, 3.05) is 7.05 Å². The number of hydrogen-bond donors (Lipinski definition) is 1. The number of rotatable bonds is 3. The molecule has 1 unspecified atom stereocenters. The van der Waals surface area contributed by atoms with Crippen LogP contribution in [0, 0.1) is 36.0 Å². The van der Waals surface area contributed by atoms with Crippen LogP contribution < -0.4 is 5.32 Å². The van der Waals surface area contributed by atoms with Gasteiger partial charge >= 0.3 is 0 Å². The van der Waals surface area contributed by atoms with Crippen molar-refractivity contribution < 1.29 is 22.0 Å². The van der Waals surface area contributed by atoms with Gasteiger partial charge in [-0.2, -0.15) is 0 Å². The molecule has 1 nitrogen and oxygen atoms in total. The lowest BCUT2D eigenvalue weighted by Crippen LogP contribution is -2.21. The first-order chi connectivity index (χ1) is 9.38. The highest BCUT2D eigenvalue weighted by Crippen LogP contribution is 2.34. The van der Waals surface area contributed by atoms with Crippen molar-refractivity contribution >= 4 is 11.3 Å². The van der Waals surface area contributed by atoms with E-state index >= 15 is 0 Å². The molecule has 0 spiro atoms. The van der Waals surface area contributed by atoms with Gasteiger partial charge in [0.05, 0.1) is 11.6 Å². The monoisotopic (exact) mass is 307 g/mol. The first kappa shape index (κ1) is 14.9. The summed E-state index contributed by atoms with van der Waals surface area (Å²) in [5, 5.41) is 2.58. The van der Waals surface area contributed by atoms with E-state index in [0.29, 0.717) is 4.88 Å². The van der Waals surface area contributed by atoms with Crippen molar-refractivity contribution in [2.24, 2.45) is 0 Å². The zero-order valence-electron chi connectivity index (χ0n) is 10.5. The molecule has 0 bridgehead atoms. The molecule has 1 aromatic heterocycles. The zero-order chi connectivity index (χ0) is 15.0. The minimum atomic E-state index is -2.15. The largest absolute Gasteiger partial charge is 0.308 e. The fourth-order valence-electron chi connectivity index (χ4n) is 1.91. The smallest absolute Gasteiger partial charge is 0.200 e. The number of aryl methyl sites for hydroxylation is 1. The summed E-state index contributed by atoms with van der Waals surface area (Å²) < 4.78 is 67.0. The quantitative estimate of drug-likeness (QED) is 0.512. The highest BCUT2D eigenvalue weighted by Gasteiger charge is 2.31. The van der Waals surface area contributed by atoms with Crippen LogP contribution in [0.1, 0.15) is 21.4 Å². The summed E-state index contributed by atoms with van der Waals surface area (Å²) in [6.45, 7) is 1.78. The minimum absolute atomic E-state index is 0.466. The van der Waals surface area contributed by atoms with Gasteiger partial charge in [-0.25, -0.2) is 22.0 Å². The summed E-state index contributed by atoms with van der Waals surface area (Å²) in [6.07, 6.45) is 0. The van der Waals surface area contributed by atoms with Crippen molar-refractivity contribution in [3.05, 3.63) is 56.5 Å². The SMILES string of the molecule is CNC(c1ccc(C)s1)c1c(F)c(F)c(F)c(F)c1F. The molecule has 0 amide bonds. The van der Waals surface area contributed by atoms with Crippen molar-refractivity contribution in [2.45, 2.75) is 13.0 Å². The van der Waals surface area contributed by atoms with Gasteiger partial charge in [0.15, 0.2) is 23.3 Å². The first-order valence-corrected chi connectivity index (χ1v) is 6.45. The Kier molecular flexibility index (Phi) is 4.10. The minimum Gasteiger partial charge on any atom is -0.308 e. The molecular formula is C13H10F5NS. The molecule has 0 aliphatic carbocycles. The average Bonchev–Trinajstić information content (AvgIpc) is 2.85. The van der Waals surface area contributed by atoms with E-state index in [0.717, 1.165) is 4.88 Å². The van der Waals surface area contributed by atoms with E-state index in [9.17, 15) is 22.0 Å². The topological polar surface area (TPSA) is 12.0 Å². The Bertz CT molecular complexity index is 623. The van der Waals surface area contributed by atoms with E-state index in [1.165, 1.54) is 18.4 Å². The van der Waals surface area contributed by atoms with Gasteiger partial charge in [-0.1, -0.05) is 0 Å². The van der Waals surface area contributed by atoms with Crippen LogP contribution in [0.3, 0.4) is 0 Å². The Morgan fingerprint density at radius 2 is 1.40 bits per heavy atom. The normalized spacial score (nSPS) is 12.8. The second-order valence-electron chi connectivity index (χ2n) is 4.15. The van der Waals surface area contributed by atoms with E-state index in [4.69, 9.17) is 0 Å². The fraction of sp³-hybridized carbons (Fsp3) is 0.231. The Morgan fingerprint density at radius 3 is 1.80 bits per heavy atom. The maximum atomic E-state index is 13.8. The maximum absolute atomic E-state index is 13.8. The third-order valence-corrected chi connectivity index (χ3v) is 3.93. The van der Waals surface area contributed by atoms with Crippen molar-refractivity contribution in [3.8, 4) is 0 Å². The fourth-order valence-corrected chi connectivity index (χ4v) is 2.91. The van der Waals surface area contributed by atoms with E-state index in [1.807, 2.05) is 0 Å². The Hall–Kier alpha value is -1.47. The molecule has 1 atom stereocenters. The molecule has 0 radical (unpaired) electrons. The molecule has 0 aliphatic rings. The Labute approximate surface area is 116 Å². The van der Waals surface area contributed by atoms with Gasteiger partial charge in [-0.3, -0.25) is 0 Å². The molecule has 1 N–H and O–H groups in total. The molecule has 0 saturated carbocycles. The molecule has 1 aromatic carbocycles. The second kappa shape index (κ2) is 5.49. The van der Waals surface area contributed by atoms with Gasteiger partial charge in [0, 0.05) is 9.75 Å². The highest BCUT2D eigenvalue weighted by atomic mass is 32.1. The zero-order valence-corrected chi connectivity index (χ0v) is 11.3. The first-order valence-electron chi connectivity index (χ1n) is 5.63. The van der Waals surface area contributed by atoms with Crippen LogP contribution in [0.2, 0.25) is 0 Å². The molecule has 0 saturated heterocycles. The summed E-state index contributed by atoms with van der Waals surface area (Å²) in [6, 6.07) is 2.19. The Balaban J connectivity index is 2.67. The number of hydrogen-bond acceptors (Lipinski definition) is 2. The third kappa shape index (κ3) is 2.31. The number of benzene rings is 1. The predicted molar refractivity (Wildman–Crippen MR) is 66.2 cm³/mol. The number of halogens is 5. The van der Waals surface area contributed by atoms with Gasteiger partial charge in [0.2, 0.25) is 5.82 Å². The molecule has 1 heterocycles. The third-order valence-electron chi connectivity index (χ3n) is 2.87. The van der Waals surface area contributed by atoms with E-state index < -0.39 is 40.7 Å². The van der Waals surface area contributed by atoms with Crippen LogP contribution in [-0.2, 0) is 0 Å². The van der Waals surface area contributed by atoms with Crippen molar-refractivity contribution in [1.29, 1.82) is 0 Å². The Morgan fingerprint density at radius 1 is 0.900 bits per heavy atom. The van der Waals surface area contributed by atoms with Gasteiger partial charge in [-0.05, 0) is 26.1 Å². The summed E-state index contributed by atoms with van der Waals surface area (Å²) in [4.78, 5) is 1.33. The lowest BCUT2D eigenvalue weighted by Gasteiger charge is -2.17. The van der Waals surface area contributed by atoms with Gasteiger partial charge in [-0.15, -0.1) is 11.3 Å². The molecule has 108 valence electrons. The lowest BCUT2D eigenvalue weighted by molar-refractivity contribution is 0.364. The van der Waals surface area contributed by atoms with E-state index in [-0.39, 0.29) is 0 Å². The standard InChI is InChI=1S/C13H10F5NS/c1-5-3-4-6(20-5)13(19-2)7-8(14)10(16)12(18)11(17)9(7)15/h3-4,13,19H,1-2H3. The van der Waals surface area contributed by atoms with Crippen LogP contribution in [0.4, 0.5) is 22.0 Å². The molecule has 0 aliphatic heterocycles. The summed E-state index contributed by atoms with van der Waals surface area (Å²) >= 11 is 1.21. The molecule has 7 heteroatoms. The van der Waals surface area contributed by atoms with Crippen molar-refractivity contribution in [3.63, 3.8) is 0 Å². The summed E-state index contributed by atoms with van der Waals surface area (Å²) in [7, 11) is 1.39. The molecule has 20 heavy (non-hydrogen) atoms. The van der Waals surface area contributed by atoms with Gasteiger partial charge < -0.3 is 5.32 Å². The lowest BCUT2D eigenvalue weighted by atomic mass is 10.0.